The summed E-state index contributed by atoms with van der Waals surface area (Å²) in [5.41, 5.74) is -2.46. The Morgan fingerprint density at radius 2 is 1.65 bits per heavy atom. The number of hydrogen-bond donors (Lipinski definition) is 1. The summed E-state index contributed by atoms with van der Waals surface area (Å²) in [5, 5.41) is 9.49. The minimum atomic E-state index is -4.22. The van der Waals surface area contributed by atoms with Gasteiger partial charge < -0.3 is 5.11 Å². The standard InChI is InChI=1S/C10H11F3O3S/c1-10(2,14)5-4-6(11)9(17(3,15)16)8(13)7(5)12/h4,14H,1-3H3. The second-order valence-corrected chi connectivity index (χ2v) is 6.15. The maximum absolute atomic E-state index is 13.5. The van der Waals surface area contributed by atoms with Crippen molar-refractivity contribution in [1.82, 2.24) is 0 Å². The van der Waals surface area contributed by atoms with E-state index in [0.29, 0.717) is 12.3 Å². The number of halogens is 3. The zero-order chi connectivity index (χ0) is 13.6. The molecule has 0 saturated heterocycles. The third kappa shape index (κ3) is 2.61. The molecule has 0 aliphatic rings. The molecule has 0 spiro atoms. The van der Waals surface area contributed by atoms with Crippen LogP contribution < -0.4 is 0 Å². The van der Waals surface area contributed by atoms with Gasteiger partial charge in [0.1, 0.15) is 10.7 Å². The zero-order valence-corrected chi connectivity index (χ0v) is 10.2. The van der Waals surface area contributed by atoms with Crippen LogP contribution in [0.4, 0.5) is 13.2 Å². The molecule has 0 aromatic heterocycles. The molecule has 0 radical (unpaired) electrons. The molecule has 0 bridgehead atoms. The molecule has 0 aliphatic carbocycles. The Labute approximate surface area is 96.8 Å². The molecule has 3 nitrogen and oxygen atoms in total. The van der Waals surface area contributed by atoms with Crippen LogP contribution in [0.15, 0.2) is 11.0 Å². The van der Waals surface area contributed by atoms with Gasteiger partial charge in [0.25, 0.3) is 0 Å². The highest BCUT2D eigenvalue weighted by Crippen LogP contribution is 2.30. The summed E-state index contributed by atoms with van der Waals surface area (Å²) in [6, 6.07) is 0.481. The van der Waals surface area contributed by atoms with Crippen LogP contribution in [-0.4, -0.2) is 19.8 Å². The van der Waals surface area contributed by atoms with Crippen molar-refractivity contribution in [3.63, 3.8) is 0 Å². The van der Waals surface area contributed by atoms with E-state index in [1.54, 1.807) is 0 Å². The Hall–Kier alpha value is -1.08. The van der Waals surface area contributed by atoms with E-state index in [1.165, 1.54) is 0 Å². The first kappa shape index (κ1) is 14.0. The summed E-state index contributed by atoms with van der Waals surface area (Å²) in [6.07, 6.45) is 0.567. The molecule has 1 rings (SSSR count). The van der Waals surface area contributed by atoms with Gasteiger partial charge in [0.15, 0.2) is 21.5 Å². The minimum Gasteiger partial charge on any atom is -0.386 e. The van der Waals surface area contributed by atoms with Crippen LogP contribution in [-0.2, 0) is 15.4 Å². The first-order chi connectivity index (χ1) is 7.46. The maximum Gasteiger partial charge on any atom is 0.181 e. The summed E-state index contributed by atoms with van der Waals surface area (Å²) < 4.78 is 62.5. The predicted molar refractivity (Wildman–Crippen MR) is 54.7 cm³/mol. The van der Waals surface area contributed by atoms with E-state index in [1.807, 2.05) is 0 Å². The van der Waals surface area contributed by atoms with Gasteiger partial charge in [-0.1, -0.05) is 0 Å². The number of sulfone groups is 1. The van der Waals surface area contributed by atoms with E-state index in [0.717, 1.165) is 13.8 Å². The van der Waals surface area contributed by atoms with Crippen molar-refractivity contribution in [2.75, 3.05) is 6.26 Å². The highest BCUT2D eigenvalue weighted by molar-refractivity contribution is 7.90. The van der Waals surface area contributed by atoms with E-state index >= 15 is 0 Å². The fourth-order valence-corrected chi connectivity index (χ4v) is 2.19. The molecule has 0 saturated carbocycles. The number of hydrogen-bond acceptors (Lipinski definition) is 3. The van der Waals surface area contributed by atoms with Crippen molar-refractivity contribution in [2.45, 2.75) is 24.3 Å². The highest BCUT2D eigenvalue weighted by atomic mass is 32.2. The van der Waals surface area contributed by atoms with Gasteiger partial charge in [-0.15, -0.1) is 0 Å². The topological polar surface area (TPSA) is 54.4 Å². The smallest absolute Gasteiger partial charge is 0.181 e. The van der Waals surface area contributed by atoms with Crippen molar-refractivity contribution in [2.24, 2.45) is 0 Å². The molecule has 0 unspecified atom stereocenters. The second-order valence-electron chi connectivity index (χ2n) is 4.19. The quantitative estimate of drug-likeness (QED) is 0.831. The fourth-order valence-electron chi connectivity index (χ4n) is 1.36. The van der Waals surface area contributed by atoms with E-state index < -0.39 is 43.3 Å². The summed E-state index contributed by atoms with van der Waals surface area (Å²) in [7, 11) is -4.22. The second kappa shape index (κ2) is 3.99. The van der Waals surface area contributed by atoms with Crippen LogP contribution in [0, 0.1) is 17.5 Å². The van der Waals surface area contributed by atoms with E-state index in [9.17, 15) is 26.7 Å². The molecular formula is C10H11F3O3S. The first-order valence-electron chi connectivity index (χ1n) is 4.56. The summed E-state index contributed by atoms with van der Waals surface area (Å²) in [4.78, 5) is -1.33. The normalized spacial score (nSPS) is 12.9. The Morgan fingerprint density at radius 1 is 1.18 bits per heavy atom. The third-order valence-corrected chi connectivity index (χ3v) is 3.26. The summed E-state index contributed by atoms with van der Waals surface area (Å²) in [5.74, 6) is -4.81. The van der Waals surface area contributed by atoms with Gasteiger partial charge in [-0.05, 0) is 19.9 Å². The lowest BCUT2D eigenvalue weighted by Crippen LogP contribution is -2.20. The Bertz CT molecular complexity index is 559. The van der Waals surface area contributed by atoms with Gasteiger partial charge in [0.05, 0.1) is 5.60 Å². The Balaban J connectivity index is 3.72. The van der Waals surface area contributed by atoms with E-state index in [-0.39, 0.29) is 0 Å². The largest absolute Gasteiger partial charge is 0.386 e. The van der Waals surface area contributed by atoms with Crippen molar-refractivity contribution in [3.8, 4) is 0 Å². The lowest BCUT2D eigenvalue weighted by molar-refractivity contribution is 0.0729. The van der Waals surface area contributed by atoms with Gasteiger partial charge >= 0.3 is 0 Å². The maximum atomic E-state index is 13.5. The molecule has 7 heteroatoms. The SMILES string of the molecule is CC(C)(O)c1cc(F)c(S(C)(=O)=O)c(F)c1F. The van der Waals surface area contributed by atoms with Crippen molar-refractivity contribution < 1.29 is 26.7 Å². The number of benzene rings is 1. The molecule has 0 amide bonds. The van der Waals surface area contributed by atoms with E-state index in [2.05, 4.69) is 0 Å². The monoisotopic (exact) mass is 268 g/mol. The summed E-state index contributed by atoms with van der Waals surface area (Å²) in [6.45, 7) is 2.26. The van der Waals surface area contributed by atoms with Gasteiger partial charge in [-0.25, -0.2) is 21.6 Å². The van der Waals surface area contributed by atoms with Crippen molar-refractivity contribution in [1.29, 1.82) is 0 Å². The Kier molecular flexibility index (Phi) is 3.28. The molecule has 96 valence electrons. The summed E-state index contributed by atoms with van der Waals surface area (Å²) >= 11 is 0. The lowest BCUT2D eigenvalue weighted by Gasteiger charge is -2.19. The molecule has 1 N–H and O–H groups in total. The molecule has 0 heterocycles. The van der Waals surface area contributed by atoms with Gasteiger partial charge in [0.2, 0.25) is 0 Å². The molecule has 1 aromatic carbocycles. The molecule has 1 aromatic rings. The highest BCUT2D eigenvalue weighted by Gasteiger charge is 2.30. The van der Waals surface area contributed by atoms with Crippen LogP contribution in [0.3, 0.4) is 0 Å². The van der Waals surface area contributed by atoms with Crippen LogP contribution in [0.5, 0.6) is 0 Å². The predicted octanol–water partition coefficient (Wildman–Crippen LogP) is 1.73. The number of aliphatic hydroxyl groups is 1. The molecule has 0 aliphatic heterocycles. The molecular weight excluding hydrogens is 257 g/mol. The molecule has 0 fully saturated rings. The van der Waals surface area contributed by atoms with Crippen LogP contribution in [0.1, 0.15) is 19.4 Å². The minimum absolute atomic E-state index is 0.481. The van der Waals surface area contributed by atoms with Crippen LogP contribution in [0.2, 0.25) is 0 Å². The zero-order valence-electron chi connectivity index (χ0n) is 9.38. The van der Waals surface area contributed by atoms with E-state index in [4.69, 9.17) is 0 Å². The van der Waals surface area contributed by atoms with Gasteiger partial charge in [0, 0.05) is 11.8 Å². The lowest BCUT2D eigenvalue weighted by atomic mass is 9.97. The third-order valence-electron chi connectivity index (χ3n) is 2.15. The first-order valence-corrected chi connectivity index (χ1v) is 6.46. The van der Waals surface area contributed by atoms with Crippen LogP contribution >= 0.6 is 0 Å². The van der Waals surface area contributed by atoms with Crippen molar-refractivity contribution in [3.05, 3.63) is 29.1 Å². The number of rotatable bonds is 2. The average Bonchev–Trinajstić information content (AvgIpc) is 2.07. The van der Waals surface area contributed by atoms with Gasteiger partial charge in [-0.3, -0.25) is 0 Å². The van der Waals surface area contributed by atoms with Crippen molar-refractivity contribution >= 4 is 9.84 Å². The van der Waals surface area contributed by atoms with Gasteiger partial charge in [-0.2, -0.15) is 0 Å². The van der Waals surface area contributed by atoms with Crippen LogP contribution in [0.25, 0.3) is 0 Å². The Morgan fingerprint density at radius 3 is 2.00 bits per heavy atom. The average molecular weight is 268 g/mol. The fraction of sp³-hybridized carbons (Fsp3) is 0.400. The molecule has 0 atom stereocenters. The molecule has 17 heavy (non-hydrogen) atoms.